The van der Waals surface area contributed by atoms with Crippen molar-refractivity contribution in [3.05, 3.63) is 70.3 Å². The molecule has 0 heterocycles. The summed E-state index contributed by atoms with van der Waals surface area (Å²) in [6, 6.07) is 9.49. The summed E-state index contributed by atoms with van der Waals surface area (Å²) in [5.74, 6) is -0.822. The maximum Gasteiger partial charge on any atom is 0.129 e. The van der Waals surface area contributed by atoms with Crippen molar-refractivity contribution in [3.8, 4) is 0 Å². The predicted molar refractivity (Wildman–Crippen MR) is 72.9 cm³/mol. The van der Waals surface area contributed by atoms with Crippen LogP contribution >= 0.6 is 0 Å². The van der Waals surface area contributed by atoms with Gasteiger partial charge in [-0.25, -0.2) is 8.78 Å². The molecule has 2 aromatic rings. The van der Waals surface area contributed by atoms with Crippen LogP contribution in [0, 0.1) is 25.5 Å². The van der Waals surface area contributed by atoms with Gasteiger partial charge in [0.2, 0.25) is 0 Å². The van der Waals surface area contributed by atoms with E-state index in [9.17, 15) is 8.78 Å². The molecule has 0 aromatic heterocycles. The van der Waals surface area contributed by atoms with E-state index in [1.54, 1.807) is 32.0 Å². The fourth-order valence-electron chi connectivity index (χ4n) is 2.59. The molecule has 0 aliphatic heterocycles. The lowest BCUT2D eigenvalue weighted by Gasteiger charge is -2.28. The second-order valence-corrected chi connectivity index (χ2v) is 5.12. The van der Waals surface area contributed by atoms with Crippen molar-refractivity contribution in [2.24, 2.45) is 5.73 Å². The van der Waals surface area contributed by atoms with Crippen LogP contribution in [-0.4, -0.2) is 0 Å². The van der Waals surface area contributed by atoms with E-state index in [0.717, 1.165) is 11.1 Å². The van der Waals surface area contributed by atoms with Gasteiger partial charge in [0.05, 0.1) is 5.54 Å². The van der Waals surface area contributed by atoms with Crippen LogP contribution in [0.25, 0.3) is 0 Å². The highest BCUT2D eigenvalue weighted by atomic mass is 19.1. The fourth-order valence-corrected chi connectivity index (χ4v) is 2.59. The lowest BCUT2D eigenvalue weighted by atomic mass is 9.82. The maximum absolute atomic E-state index is 14.2. The molecule has 2 N–H and O–H groups in total. The lowest BCUT2D eigenvalue weighted by molar-refractivity contribution is 0.495. The topological polar surface area (TPSA) is 26.0 Å². The van der Waals surface area contributed by atoms with Gasteiger partial charge >= 0.3 is 0 Å². The normalized spacial score (nSPS) is 14.2. The molecule has 0 saturated carbocycles. The molecule has 0 radical (unpaired) electrons. The van der Waals surface area contributed by atoms with Crippen molar-refractivity contribution in [1.82, 2.24) is 0 Å². The molecule has 0 fully saturated rings. The Labute approximate surface area is 112 Å². The molecule has 3 heteroatoms. The van der Waals surface area contributed by atoms with E-state index in [1.807, 2.05) is 13.0 Å². The Morgan fingerprint density at radius 2 is 1.63 bits per heavy atom. The van der Waals surface area contributed by atoms with Gasteiger partial charge in [-0.3, -0.25) is 0 Å². The van der Waals surface area contributed by atoms with Gasteiger partial charge in [-0.05, 0) is 44.0 Å². The molecule has 2 rings (SSSR count). The van der Waals surface area contributed by atoms with E-state index in [1.165, 1.54) is 12.1 Å². The molecule has 100 valence electrons. The van der Waals surface area contributed by atoms with Crippen molar-refractivity contribution < 1.29 is 8.78 Å². The summed E-state index contributed by atoms with van der Waals surface area (Å²) in [6.45, 7) is 5.24. The predicted octanol–water partition coefficient (Wildman–Crippen LogP) is 3.80. The Balaban J connectivity index is 2.67. The van der Waals surface area contributed by atoms with Crippen LogP contribution in [0.4, 0.5) is 8.78 Å². The van der Waals surface area contributed by atoms with Gasteiger partial charge in [0.1, 0.15) is 11.6 Å². The van der Waals surface area contributed by atoms with Crippen LogP contribution in [0.1, 0.15) is 29.2 Å². The van der Waals surface area contributed by atoms with Crippen LogP contribution < -0.4 is 5.73 Å². The summed E-state index contributed by atoms with van der Waals surface area (Å²) in [5, 5.41) is 0. The van der Waals surface area contributed by atoms with Crippen LogP contribution in [-0.2, 0) is 5.54 Å². The zero-order valence-electron chi connectivity index (χ0n) is 11.3. The first-order valence-corrected chi connectivity index (χ1v) is 6.15. The van der Waals surface area contributed by atoms with Crippen LogP contribution in [0.5, 0.6) is 0 Å². The second kappa shape index (κ2) is 4.74. The highest BCUT2D eigenvalue weighted by molar-refractivity contribution is 5.44. The quantitative estimate of drug-likeness (QED) is 0.874. The number of hydrogen-bond acceptors (Lipinski definition) is 1. The molecule has 0 saturated heterocycles. The van der Waals surface area contributed by atoms with Gasteiger partial charge in [-0.2, -0.15) is 0 Å². The minimum atomic E-state index is -1.20. The zero-order valence-corrected chi connectivity index (χ0v) is 11.3. The van der Waals surface area contributed by atoms with Gasteiger partial charge in [0, 0.05) is 11.1 Å². The Morgan fingerprint density at radius 3 is 2.21 bits per heavy atom. The summed E-state index contributed by atoms with van der Waals surface area (Å²) in [5.41, 5.74) is 7.21. The number of hydrogen-bond donors (Lipinski definition) is 1. The summed E-state index contributed by atoms with van der Waals surface area (Å²) in [4.78, 5) is 0. The molecule has 1 unspecified atom stereocenters. The Bertz CT molecular complexity index is 595. The molecule has 1 atom stereocenters. The molecule has 0 aliphatic rings. The number of benzene rings is 2. The third-order valence-electron chi connectivity index (χ3n) is 3.38. The van der Waals surface area contributed by atoms with Crippen LogP contribution in [0.3, 0.4) is 0 Å². The third kappa shape index (κ3) is 2.38. The SMILES string of the molecule is Cc1cc(C)c(C(C)(N)c2ccccc2F)c(F)c1. The number of aryl methyl sites for hydroxylation is 2. The van der Waals surface area contributed by atoms with E-state index in [-0.39, 0.29) is 0 Å². The average Bonchev–Trinajstić information content (AvgIpc) is 2.27. The Morgan fingerprint density at radius 1 is 1.00 bits per heavy atom. The summed E-state index contributed by atoms with van der Waals surface area (Å²) < 4.78 is 28.1. The summed E-state index contributed by atoms with van der Waals surface area (Å²) in [7, 11) is 0. The third-order valence-corrected chi connectivity index (χ3v) is 3.38. The van der Waals surface area contributed by atoms with Crippen molar-refractivity contribution in [2.45, 2.75) is 26.3 Å². The van der Waals surface area contributed by atoms with Gasteiger partial charge in [0.15, 0.2) is 0 Å². The Hall–Kier alpha value is -1.74. The molecule has 2 aromatic carbocycles. The minimum absolute atomic E-state index is 0.292. The smallest absolute Gasteiger partial charge is 0.129 e. The largest absolute Gasteiger partial charge is 0.318 e. The minimum Gasteiger partial charge on any atom is -0.318 e. The van der Waals surface area contributed by atoms with E-state index >= 15 is 0 Å². The highest BCUT2D eigenvalue weighted by Crippen LogP contribution is 2.33. The molecule has 0 bridgehead atoms. The van der Waals surface area contributed by atoms with Crippen LogP contribution in [0.2, 0.25) is 0 Å². The van der Waals surface area contributed by atoms with Crippen molar-refractivity contribution in [2.75, 3.05) is 0 Å². The summed E-state index contributed by atoms with van der Waals surface area (Å²) in [6.07, 6.45) is 0. The number of halogens is 2. The van der Waals surface area contributed by atoms with E-state index in [0.29, 0.717) is 11.1 Å². The first-order valence-electron chi connectivity index (χ1n) is 6.15. The van der Waals surface area contributed by atoms with Gasteiger partial charge in [0.25, 0.3) is 0 Å². The van der Waals surface area contributed by atoms with Crippen molar-refractivity contribution >= 4 is 0 Å². The number of nitrogens with two attached hydrogens (primary N) is 1. The van der Waals surface area contributed by atoms with Gasteiger partial charge < -0.3 is 5.73 Å². The monoisotopic (exact) mass is 261 g/mol. The second-order valence-electron chi connectivity index (χ2n) is 5.12. The standard InChI is InChI=1S/C16H17F2N/c1-10-8-11(2)15(14(18)9-10)16(3,19)12-6-4-5-7-13(12)17/h4-9H,19H2,1-3H3. The zero-order chi connectivity index (χ0) is 14.2. The average molecular weight is 261 g/mol. The molecule has 0 aliphatic carbocycles. The Kier molecular flexibility index (Phi) is 3.42. The molecule has 0 spiro atoms. The van der Waals surface area contributed by atoms with Gasteiger partial charge in [-0.15, -0.1) is 0 Å². The van der Waals surface area contributed by atoms with E-state index in [2.05, 4.69) is 0 Å². The molecule has 19 heavy (non-hydrogen) atoms. The summed E-state index contributed by atoms with van der Waals surface area (Å²) >= 11 is 0. The van der Waals surface area contributed by atoms with Crippen molar-refractivity contribution in [3.63, 3.8) is 0 Å². The molecule has 1 nitrogen and oxygen atoms in total. The first-order chi connectivity index (χ1) is 8.84. The van der Waals surface area contributed by atoms with Crippen LogP contribution in [0.15, 0.2) is 36.4 Å². The molecular weight excluding hydrogens is 244 g/mol. The maximum atomic E-state index is 14.2. The van der Waals surface area contributed by atoms with Gasteiger partial charge in [-0.1, -0.05) is 24.3 Å². The van der Waals surface area contributed by atoms with E-state index in [4.69, 9.17) is 5.73 Å². The number of rotatable bonds is 2. The van der Waals surface area contributed by atoms with E-state index < -0.39 is 17.2 Å². The highest BCUT2D eigenvalue weighted by Gasteiger charge is 2.31. The lowest BCUT2D eigenvalue weighted by Crippen LogP contribution is -2.37. The first kappa shape index (κ1) is 13.7. The van der Waals surface area contributed by atoms with Crippen molar-refractivity contribution in [1.29, 1.82) is 0 Å². The molecule has 0 amide bonds. The fraction of sp³-hybridized carbons (Fsp3) is 0.250. The molecular formula is C16H17F2N.